The lowest BCUT2D eigenvalue weighted by Crippen LogP contribution is -2.51. The number of dihydropyridines is 1. The molecule has 4 N–H and O–H groups in total. The summed E-state index contributed by atoms with van der Waals surface area (Å²) in [5, 5.41) is 9.25. The molecule has 116 valence electrons. The Morgan fingerprint density at radius 2 is 1.52 bits per heavy atom. The lowest BCUT2D eigenvalue weighted by atomic mass is 10.1. The standard InChI is InChI=1S/C7H13N3.C7H8O3S/c1-8-7(9-2)3-5-10-6-4-7;1-6-2-4-7(5-3-6)11(8,9)10/h3-6,8-10H,1-2H3;2-5H,1H3,(H,8,9,10). The van der Waals surface area contributed by atoms with Crippen LogP contribution in [0.4, 0.5) is 0 Å². The van der Waals surface area contributed by atoms with Gasteiger partial charge in [0.15, 0.2) is 0 Å². The molecule has 2 rings (SSSR count). The van der Waals surface area contributed by atoms with Gasteiger partial charge in [0, 0.05) is 0 Å². The van der Waals surface area contributed by atoms with Crippen molar-refractivity contribution in [2.45, 2.75) is 17.5 Å². The van der Waals surface area contributed by atoms with Crippen molar-refractivity contribution < 1.29 is 13.0 Å². The molecule has 6 nitrogen and oxygen atoms in total. The van der Waals surface area contributed by atoms with Gasteiger partial charge in [-0.1, -0.05) is 17.7 Å². The van der Waals surface area contributed by atoms with E-state index in [2.05, 4.69) is 16.0 Å². The van der Waals surface area contributed by atoms with Gasteiger partial charge < -0.3 is 5.32 Å². The van der Waals surface area contributed by atoms with Crippen LogP contribution in [-0.2, 0) is 10.1 Å². The van der Waals surface area contributed by atoms with Crippen molar-refractivity contribution in [3.63, 3.8) is 0 Å². The highest BCUT2D eigenvalue weighted by atomic mass is 32.2. The number of hydrogen-bond donors (Lipinski definition) is 4. The van der Waals surface area contributed by atoms with E-state index in [0.717, 1.165) is 5.56 Å². The maximum Gasteiger partial charge on any atom is 0.294 e. The Balaban J connectivity index is 0.000000211. The van der Waals surface area contributed by atoms with E-state index in [1.165, 1.54) is 12.1 Å². The molecule has 0 unspecified atom stereocenters. The first kappa shape index (κ1) is 17.4. The highest BCUT2D eigenvalue weighted by molar-refractivity contribution is 7.85. The molecule has 0 atom stereocenters. The fraction of sp³-hybridized carbons (Fsp3) is 0.286. The van der Waals surface area contributed by atoms with Crippen LogP contribution < -0.4 is 16.0 Å². The van der Waals surface area contributed by atoms with Crippen LogP contribution in [-0.4, -0.2) is 32.7 Å². The van der Waals surface area contributed by atoms with Gasteiger partial charge in [-0.05, 0) is 57.7 Å². The molecule has 1 aliphatic rings. The van der Waals surface area contributed by atoms with E-state index in [4.69, 9.17) is 4.55 Å². The Kier molecular flexibility index (Phi) is 6.10. The monoisotopic (exact) mass is 311 g/mol. The molecule has 1 heterocycles. The van der Waals surface area contributed by atoms with E-state index in [1.54, 1.807) is 12.1 Å². The second-order valence-corrected chi connectivity index (χ2v) is 5.91. The number of benzene rings is 1. The molecule has 21 heavy (non-hydrogen) atoms. The maximum absolute atomic E-state index is 10.5. The van der Waals surface area contributed by atoms with Gasteiger partial charge in [0.25, 0.3) is 10.1 Å². The van der Waals surface area contributed by atoms with Crippen molar-refractivity contribution in [2.75, 3.05) is 14.1 Å². The summed E-state index contributed by atoms with van der Waals surface area (Å²) in [6, 6.07) is 5.99. The predicted octanol–water partition coefficient (Wildman–Crippen LogP) is 0.994. The molecule has 0 radical (unpaired) electrons. The van der Waals surface area contributed by atoms with Crippen LogP contribution in [0.2, 0.25) is 0 Å². The summed E-state index contributed by atoms with van der Waals surface area (Å²) in [6.07, 6.45) is 7.83. The number of nitrogens with one attached hydrogen (secondary N) is 3. The van der Waals surface area contributed by atoms with Gasteiger partial charge in [-0.25, -0.2) is 0 Å². The van der Waals surface area contributed by atoms with Crippen LogP contribution in [0.5, 0.6) is 0 Å². The van der Waals surface area contributed by atoms with Gasteiger partial charge >= 0.3 is 0 Å². The minimum Gasteiger partial charge on any atom is -0.368 e. The van der Waals surface area contributed by atoms with E-state index >= 15 is 0 Å². The minimum absolute atomic E-state index is 0.0666. The molecule has 0 amide bonds. The van der Waals surface area contributed by atoms with Crippen molar-refractivity contribution >= 4 is 10.1 Å². The fourth-order valence-corrected chi connectivity index (χ4v) is 2.12. The van der Waals surface area contributed by atoms with Crippen LogP contribution in [0.15, 0.2) is 53.7 Å². The molecular formula is C14H21N3O3S. The molecule has 7 heteroatoms. The third-order valence-electron chi connectivity index (χ3n) is 3.03. The first-order valence-electron chi connectivity index (χ1n) is 6.36. The molecule has 0 fully saturated rings. The van der Waals surface area contributed by atoms with Crippen LogP contribution in [0.25, 0.3) is 0 Å². The molecule has 0 aromatic heterocycles. The molecule has 0 bridgehead atoms. The van der Waals surface area contributed by atoms with Crippen molar-refractivity contribution in [2.24, 2.45) is 0 Å². The molecule has 1 aliphatic heterocycles. The predicted molar refractivity (Wildman–Crippen MR) is 83.3 cm³/mol. The zero-order valence-electron chi connectivity index (χ0n) is 12.3. The number of hydrogen-bond acceptors (Lipinski definition) is 5. The number of aryl methyl sites for hydroxylation is 1. The highest BCUT2D eigenvalue weighted by Crippen LogP contribution is 2.08. The van der Waals surface area contributed by atoms with Gasteiger partial charge in [-0.2, -0.15) is 8.42 Å². The summed E-state index contributed by atoms with van der Waals surface area (Å²) >= 11 is 0. The second kappa shape index (κ2) is 7.37. The second-order valence-electron chi connectivity index (χ2n) is 4.49. The number of likely N-dealkylation sites (N-methyl/N-ethyl adjacent to an activating group) is 2. The Labute approximate surface area is 125 Å². The number of rotatable bonds is 3. The molecule has 0 saturated carbocycles. The van der Waals surface area contributed by atoms with Crippen molar-refractivity contribution in [1.29, 1.82) is 0 Å². The third-order valence-corrected chi connectivity index (χ3v) is 3.90. The van der Waals surface area contributed by atoms with Crippen molar-refractivity contribution in [3.8, 4) is 0 Å². The largest absolute Gasteiger partial charge is 0.368 e. The SMILES string of the molecule is CNC1(NC)C=CNC=C1.Cc1ccc(S(=O)(=O)O)cc1. The van der Waals surface area contributed by atoms with Crippen LogP contribution in [0.3, 0.4) is 0 Å². The Morgan fingerprint density at radius 1 is 1.05 bits per heavy atom. The fourth-order valence-electron chi connectivity index (χ4n) is 1.64. The minimum atomic E-state index is -4.02. The van der Waals surface area contributed by atoms with Crippen LogP contribution >= 0.6 is 0 Å². The van der Waals surface area contributed by atoms with Crippen LogP contribution in [0, 0.1) is 6.92 Å². The van der Waals surface area contributed by atoms with Gasteiger partial charge in [0.2, 0.25) is 0 Å². The summed E-state index contributed by atoms with van der Waals surface area (Å²) in [5.41, 5.74) is 0.794. The first-order chi connectivity index (χ1) is 9.83. The van der Waals surface area contributed by atoms with E-state index in [-0.39, 0.29) is 10.6 Å². The van der Waals surface area contributed by atoms with Crippen molar-refractivity contribution in [1.82, 2.24) is 16.0 Å². The smallest absolute Gasteiger partial charge is 0.294 e. The summed E-state index contributed by atoms with van der Waals surface area (Å²) in [7, 11) is -0.193. The lowest BCUT2D eigenvalue weighted by Gasteiger charge is -2.28. The highest BCUT2D eigenvalue weighted by Gasteiger charge is 2.19. The van der Waals surface area contributed by atoms with E-state index < -0.39 is 10.1 Å². The average Bonchev–Trinajstić information content (AvgIpc) is 2.48. The zero-order chi connectivity index (χ0) is 15.9. The Morgan fingerprint density at radius 3 is 1.86 bits per heavy atom. The summed E-state index contributed by atoms with van der Waals surface area (Å²) in [4.78, 5) is -0.0666. The van der Waals surface area contributed by atoms with Gasteiger partial charge in [-0.3, -0.25) is 15.2 Å². The Bertz CT molecular complexity index is 589. The molecule has 1 aromatic carbocycles. The third kappa shape index (κ3) is 5.31. The van der Waals surface area contributed by atoms with Gasteiger partial charge in [-0.15, -0.1) is 0 Å². The Hall–Kier alpha value is -1.67. The van der Waals surface area contributed by atoms with E-state index in [9.17, 15) is 8.42 Å². The van der Waals surface area contributed by atoms with Gasteiger partial charge in [0.1, 0.15) is 5.66 Å². The quantitative estimate of drug-likeness (QED) is 0.492. The van der Waals surface area contributed by atoms with E-state index in [1.807, 2.05) is 45.6 Å². The van der Waals surface area contributed by atoms with E-state index in [0.29, 0.717) is 0 Å². The topological polar surface area (TPSA) is 90.5 Å². The summed E-state index contributed by atoms with van der Waals surface area (Å²) in [6.45, 7) is 1.84. The average molecular weight is 311 g/mol. The molecule has 0 saturated heterocycles. The summed E-state index contributed by atoms with van der Waals surface area (Å²) < 4.78 is 29.6. The van der Waals surface area contributed by atoms with Crippen molar-refractivity contribution in [3.05, 3.63) is 54.4 Å². The molecule has 0 spiro atoms. The molecular weight excluding hydrogens is 290 g/mol. The van der Waals surface area contributed by atoms with Gasteiger partial charge in [0.05, 0.1) is 4.90 Å². The zero-order valence-corrected chi connectivity index (χ0v) is 13.1. The lowest BCUT2D eigenvalue weighted by molar-refractivity contribution is 0.457. The summed E-state index contributed by atoms with van der Waals surface area (Å²) in [5.74, 6) is 0. The molecule has 1 aromatic rings. The van der Waals surface area contributed by atoms with Crippen LogP contribution in [0.1, 0.15) is 5.56 Å². The normalized spacial score (nSPS) is 15.8. The first-order valence-corrected chi connectivity index (χ1v) is 7.80. The molecule has 0 aliphatic carbocycles. The maximum atomic E-state index is 10.5.